The van der Waals surface area contributed by atoms with E-state index in [0.29, 0.717) is 25.7 Å². The van der Waals surface area contributed by atoms with Crippen LogP contribution in [-0.2, 0) is 14.3 Å². The Hall–Kier alpha value is -2.66. The predicted molar refractivity (Wildman–Crippen MR) is 106 cm³/mol. The van der Waals surface area contributed by atoms with E-state index >= 15 is 0 Å². The predicted octanol–water partition coefficient (Wildman–Crippen LogP) is 3.56. The number of carbonyl (C=O) groups is 2. The van der Waals surface area contributed by atoms with Crippen molar-refractivity contribution in [3.05, 3.63) is 59.7 Å². The molecule has 5 nitrogen and oxygen atoms in total. The maximum Gasteiger partial charge on any atom is 0.323 e. The van der Waals surface area contributed by atoms with Gasteiger partial charge in [0.2, 0.25) is 0 Å². The second-order valence-electron chi connectivity index (χ2n) is 7.83. The molecule has 2 aromatic rings. The summed E-state index contributed by atoms with van der Waals surface area (Å²) >= 11 is 0. The molecule has 0 saturated heterocycles. The van der Waals surface area contributed by atoms with Crippen molar-refractivity contribution in [1.29, 1.82) is 0 Å². The number of rotatable bonds is 5. The van der Waals surface area contributed by atoms with Gasteiger partial charge in [-0.1, -0.05) is 48.5 Å². The van der Waals surface area contributed by atoms with Gasteiger partial charge >= 0.3 is 11.9 Å². The lowest BCUT2D eigenvalue weighted by atomic mass is 9.79. The summed E-state index contributed by atoms with van der Waals surface area (Å²) < 4.78 is 5.65. The van der Waals surface area contributed by atoms with Crippen LogP contribution in [0.25, 0.3) is 11.1 Å². The minimum atomic E-state index is -0.756. The first-order valence-electron chi connectivity index (χ1n) is 9.89. The smallest absolute Gasteiger partial charge is 0.323 e. The van der Waals surface area contributed by atoms with E-state index in [0.717, 1.165) is 0 Å². The molecule has 1 fully saturated rings. The minimum absolute atomic E-state index is 0.00810. The van der Waals surface area contributed by atoms with E-state index in [1.165, 1.54) is 22.3 Å². The molecule has 0 aliphatic heterocycles. The van der Waals surface area contributed by atoms with E-state index in [4.69, 9.17) is 15.6 Å². The van der Waals surface area contributed by atoms with Crippen molar-refractivity contribution in [3.8, 4) is 11.1 Å². The molecule has 1 unspecified atom stereocenters. The maximum atomic E-state index is 12.6. The van der Waals surface area contributed by atoms with E-state index in [-0.39, 0.29) is 30.3 Å². The monoisotopic (exact) mass is 379 g/mol. The van der Waals surface area contributed by atoms with E-state index < -0.39 is 12.0 Å². The fourth-order valence-corrected chi connectivity index (χ4v) is 4.62. The van der Waals surface area contributed by atoms with Gasteiger partial charge in [0.1, 0.15) is 12.6 Å². The largest absolute Gasteiger partial charge is 0.481 e. The summed E-state index contributed by atoms with van der Waals surface area (Å²) in [5.74, 6) is -1.45. The van der Waals surface area contributed by atoms with Crippen LogP contribution in [0, 0.1) is 11.8 Å². The van der Waals surface area contributed by atoms with Gasteiger partial charge in [-0.05, 0) is 53.9 Å². The zero-order valence-electron chi connectivity index (χ0n) is 15.7. The normalized spacial score (nSPS) is 22.2. The van der Waals surface area contributed by atoms with Gasteiger partial charge in [0, 0.05) is 5.92 Å². The number of aliphatic carboxylic acids is 1. The van der Waals surface area contributed by atoms with Crippen LogP contribution in [-0.4, -0.2) is 29.7 Å². The van der Waals surface area contributed by atoms with Gasteiger partial charge in [0.05, 0.1) is 5.92 Å². The zero-order valence-corrected chi connectivity index (χ0v) is 15.7. The molecule has 1 atom stereocenters. The van der Waals surface area contributed by atoms with Crippen LogP contribution in [0.15, 0.2) is 48.5 Å². The Labute approximate surface area is 164 Å². The molecule has 5 heteroatoms. The number of benzene rings is 2. The average molecular weight is 379 g/mol. The zero-order chi connectivity index (χ0) is 19.7. The van der Waals surface area contributed by atoms with Crippen molar-refractivity contribution in [1.82, 2.24) is 0 Å². The van der Waals surface area contributed by atoms with Crippen LogP contribution in [0.2, 0.25) is 0 Å². The number of hydrogen-bond acceptors (Lipinski definition) is 4. The SMILES string of the molecule is NC(C(=O)OCC1c2ccccc2-c2ccccc21)C1CCC(C(=O)O)CC1. The van der Waals surface area contributed by atoms with Crippen molar-refractivity contribution in [2.75, 3.05) is 6.61 Å². The van der Waals surface area contributed by atoms with Gasteiger partial charge in [-0.3, -0.25) is 9.59 Å². The van der Waals surface area contributed by atoms with Crippen LogP contribution in [0.5, 0.6) is 0 Å². The maximum absolute atomic E-state index is 12.6. The summed E-state index contributed by atoms with van der Waals surface area (Å²) in [6, 6.07) is 15.7. The molecule has 0 radical (unpaired) electrons. The van der Waals surface area contributed by atoms with E-state index in [1.807, 2.05) is 24.3 Å². The van der Waals surface area contributed by atoms with E-state index in [2.05, 4.69) is 24.3 Å². The third-order valence-electron chi connectivity index (χ3n) is 6.26. The number of carbonyl (C=O) groups excluding carboxylic acids is 1. The minimum Gasteiger partial charge on any atom is -0.481 e. The Kier molecular flexibility index (Phi) is 5.18. The fraction of sp³-hybridized carbons (Fsp3) is 0.391. The Balaban J connectivity index is 1.41. The third kappa shape index (κ3) is 3.42. The number of esters is 1. The standard InChI is InChI=1S/C23H25NO4/c24-21(14-9-11-15(12-10-14)22(25)26)23(27)28-13-20-18-7-3-1-5-16(18)17-6-2-4-8-19(17)20/h1-8,14-15,20-21H,9-13,24H2,(H,25,26). The molecule has 2 aromatic carbocycles. The van der Waals surface area contributed by atoms with Crippen molar-refractivity contribution in [3.63, 3.8) is 0 Å². The van der Waals surface area contributed by atoms with Crippen molar-refractivity contribution < 1.29 is 19.4 Å². The molecule has 0 amide bonds. The molecule has 2 aliphatic rings. The molecule has 3 N–H and O–H groups in total. The fourth-order valence-electron chi connectivity index (χ4n) is 4.62. The first-order valence-corrected chi connectivity index (χ1v) is 9.89. The molecule has 146 valence electrons. The lowest BCUT2D eigenvalue weighted by Crippen LogP contribution is -2.42. The highest BCUT2D eigenvalue weighted by Crippen LogP contribution is 2.44. The molecule has 28 heavy (non-hydrogen) atoms. The summed E-state index contributed by atoms with van der Waals surface area (Å²) in [5, 5.41) is 9.12. The highest BCUT2D eigenvalue weighted by molar-refractivity contribution is 5.80. The van der Waals surface area contributed by atoms with Crippen LogP contribution in [0.1, 0.15) is 42.7 Å². The Morgan fingerprint density at radius 1 is 0.964 bits per heavy atom. The molecular weight excluding hydrogens is 354 g/mol. The number of nitrogens with two attached hydrogens (primary N) is 1. The Morgan fingerprint density at radius 2 is 1.50 bits per heavy atom. The summed E-state index contributed by atoms with van der Waals surface area (Å²) in [5.41, 5.74) is 10.9. The molecular formula is C23H25NO4. The molecule has 0 bridgehead atoms. The van der Waals surface area contributed by atoms with Gasteiger partial charge in [0.25, 0.3) is 0 Å². The lowest BCUT2D eigenvalue weighted by Gasteiger charge is -2.29. The first-order chi connectivity index (χ1) is 13.6. The van der Waals surface area contributed by atoms with E-state index in [9.17, 15) is 9.59 Å². The summed E-state index contributed by atoms with van der Waals surface area (Å²) in [6.45, 7) is 0.269. The number of hydrogen-bond donors (Lipinski definition) is 2. The quantitative estimate of drug-likeness (QED) is 0.776. The van der Waals surface area contributed by atoms with E-state index in [1.54, 1.807) is 0 Å². The molecule has 2 aliphatic carbocycles. The second-order valence-corrected chi connectivity index (χ2v) is 7.83. The highest BCUT2D eigenvalue weighted by atomic mass is 16.5. The Bertz CT molecular complexity index is 840. The first kappa shape index (κ1) is 18.7. The topological polar surface area (TPSA) is 89.6 Å². The van der Waals surface area contributed by atoms with Crippen LogP contribution < -0.4 is 5.73 Å². The summed E-state index contributed by atoms with van der Waals surface area (Å²) in [7, 11) is 0. The lowest BCUT2D eigenvalue weighted by molar-refractivity contribution is -0.147. The van der Waals surface area contributed by atoms with Crippen LogP contribution in [0.3, 0.4) is 0 Å². The number of fused-ring (bicyclic) bond motifs is 3. The van der Waals surface area contributed by atoms with Gasteiger partial charge < -0.3 is 15.6 Å². The van der Waals surface area contributed by atoms with Gasteiger partial charge in [-0.25, -0.2) is 0 Å². The molecule has 0 spiro atoms. The van der Waals surface area contributed by atoms with Gasteiger partial charge in [-0.2, -0.15) is 0 Å². The second kappa shape index (κ2) is 7.76. The van der Waals surface area contributed by atoms with Crippen molar-refractivity contribution in [2.45, 2.75) is 37.6 Å². The molecule has 1 saturated carbocycles. The third-order valence-corrected chi connectivity index (χ3v) is 6.26. The van der Waals surface area contributed by atoms with Gasteiger partial charge in [-0.15, -0.1) is 0 Å². The number of carboxylic acid groups (broad SMARTS) is 1. The Morgan fingerprint density at radius 3 is 2.04 bits per heavy atom. The van der Waals surface area contributed by atoms with Crippen molar-refractivity contribution in [2.24, 2.45) is 17.6 Å². The van der Waals surface area contributed by atoms with Crippen molar-refractivity contribution >= 4 is 11.9 Å². The van der Waals surface area contributed by atoms with Gasteiger partial charge in [0.15, 0.2) is 0 Å². The van der Waals surface area contributed by atoms with Crippen LogP contribution >= 0.6 is 0 Å². The summed E-state index contributed by atoms with van der Waals surface area (Å²) in [4.78, 5) is 23.7. The highest BCUT2D eigenvalue weighted by Gasteiger charge is 2.34. The summed E-state index contributed by atoms with van der Waals surface area (Å²) in [6.07, 6.45) is 2.46. The molecule has 4 rings (SSSR count). The number of ether oxygens (including phenoxy) is 1. The molecule has 0 aromatic heterocycles. The van der Waals surface area contributed by atoms with Crippen LogP contribution in [0.4, 0.5) is 0 Å². The average Bonchev–Trinajstić information content (AvgIpc) is 3.05. The number of carboxylic acids is 1. The molecule has 0 heterocycles.